The van der Waals surface area contributed by atoms with Crippen molar-refractivity contribution in [2.75, 3.05) is 0 Å². The molecule has 0 aromatic rings. The highest BCUT2D eigenvalue weighted by molar-refractivity contribution is 6.10. The summed E-state index contributed by atoms with van der Waals surface area (Å²) in [5.41, 5.74) is -3.81. The first-order chi connectivity index (χ1) is 9.85. The zero-order valence-corrected chi connectivity index (χ0v) is 11.1. The molecule has 0 fully saturated rings. The van der Waals surface area contributed by atoms with Gasteiger partial charge in [-0.3, -0.25) is 9.59 Å². The number of esters is 2. The van der Waals surface area contributed by atoms with Gasteiger partial charge in [0.15, 0.2) is 10.8 Å². The predicted molar refractivity (Wildman–Crippen MR) is 68.0 cm³/mol. The normalized spacial score (nSPS) is 30.3. The predicted octanol–water partition coefficient (Wildman–Crippen LogP) is 0.898. The van der Waals surface area contributed by atoms with Gasteiger partial charge in [0.1, 0.15) is 0 Å². The molecule has 0 saturated heterocycles. The van der Waals surface area contributed by atoms with E-state index >= 15 is 0 Å². The highest BCUT2D eigenvalue weighted by Gasteiger charge is 2.52. The molecule has 0 saturated carbocycles. The maximum Gasteiger partial charge on any atom is 0.335 e. The number of rotatable bonds is 4. The first kappa shape index (κ1) is 15.0. The third kappa shape index (κ3) is 2.24. The van der Waals surface area contributed by atoms with Gasteiger partial charge >= 0.3 is 23.9 Å². The molecular formula is C14H14O7. The number of carboxylic acids is 2. The second kappa shape index (κ2) is 5.16. The Kier molecular flexibility index (Phi) is 3.67. The molecule has 7 nitrogen and oxygen atoms in total. The van der Waals surface area contributed by atoms with Crippen molar-refractivity contribution in [1.82, 2.24) is 0 Å². The van der Waals surface area contributed by atoms with Crippen LogP contribution < -0.4 is 0 Å². The summed E-state index contributed by atoms with van der Waals surface area (Å²) in [6.45, 7) is 0. The SMILES string of the molecule is O=C(O)C1(C(=O)OC(=O)C2(C(=O)O)C=CCC2)C=CCC1. The van der Waals surface area contributed by atoms with Crippen LogP contribution in [-0.2, 0) is 23.9 Å². The van der Waals surface area contributed by atoms with Crippen molar-refractivity contribution >= 4 is 23.9 Å². The zero-order valence-electron chi connectivity index (χ0n) is 11.1. The van der Waals surface area contributed by atoms with Gasteiger partial charge in [0.2, 0.25) is 0 Å². The fourth-order valence-electron chi connectivity index (χ4n) is 2.50. The molecule has 0 radical (unpaired) electrons. The Labute approximate surface area is 119 Å². The van der Waals surface area contributed by atoms with Gasteiger partial charge < -0.3 is 14.9 Å². The first-order valence-corrected chi connectivity index (χ1v) is 6.44. The van der Waals surface area contributed by atoms with E-state index in [-0.39, 0.29) is 12.8 Å². The van der Waals surface area contributed by atoms with Crippen LogP contribution in [0.2, 0.25) is 0 Å². The van der Waals surface area contributed by atoms with Gasteiger partial charge in [0, 0.05) is 0 Å². The van der Waals surface area contributed by atoms with Gasteiger partial charge in [-0.15, -0.1) is 0 Å². The highest BCUT2D eigenvalue weighted by atomic mass is 16.6. The quantitative estimate of drug-likeness (QED) is 0.449. The molecule has 0 spiro atoms. The van der Waals surface area contributed by atoms with Crippen molar-refractivity contribution < 1.29 is 34.1 Å². The summed E-state index contributed by atoms with van der Waals surface area (Å²) in [7, 11) is 0. The monoisotopic (exact) mass is 294 g/mol. The van der Waals surface area contributed by atoms with E-state index in [0.29, 0.717) is 12.8 Å². The molecule has 7 heteroatoms. The molecule has 2 atom stereocenters. The van der Waals surface area contributed by atoms with Crippen molar-refractivity contribution in [2.45, 2.75) is 25.7 Å². The van der Waals surface area contributed by atoms with E-state index in [1.54, 1.807) is 0 Å². The largest absolute Gasteiger partial charge is 0.480 e. The molecule has 0 heterocycles. The molecule has 0 aromatic heterocycles. The molecule has 2 aliphatic carbocycles. The summed E-state index contributed by atoms with van der Waals surface area (Å²) in [5, 5.41) is 18.4. The lowest BCUT2D eigenvalue weighted by Gasteiger charge is -2.23. The van der Waals surface area contributed by atoms with Crippen molar-refractivity contribution in [3.8, 4) is 0 Å². The second-order valence-electron chi connectivity index (χ2n) is 5.11. The Morgan fingerprint density at radius 2 is 1.19 bits per heavy atom. The van der Waals surface area contributed by atoms with E-state index in [2.05, 4.69) is 4.74 Å². The van der Waals surface area contributed by atoms with Crippen LogP contribution in [0.3, 0.4) is 0 Å². The summed E-state index contributed by atoms with van der Waals surface area (Å²) in [6.07, 6.45) is 6.13. The minimum absolute atomic E-state index is 0.00957. The van der Waals surface area contributed by atoms with Crippen LogP contribution in [0.1, 0.15) is 25.7 Å². The van der Waals surface area contributed by atoms with Crippen molar-refractivity contribution in [3.05, 3.63) is 24.3 Å². The number of ether oxygens (including phenoxy) is 1. The van der Waals surface area contributed by atoms with Gasteiger partial charge in [-0.2, -0.15) is 0 Å². The smallest absolute Gasteiger partial charge is 0.335 e. The molecule has 0 aliphatic heterocycles. The minimum atomic E-state index is -1.91. The summed E-state index contributed by atoms with van der Waals surface area (Å²) in [5.74, 6) is -5.31. The number of hydrogen-bond donors (Lipinski definition) is 2. The highest BCUT2D eigenvalue weighted by Crippen LogP contribution is 2.37. The molecule has 0 aromatic carbocycles. The zero-order chi connectivity index (χ0) is 15.7. The average molecular weight is 294 g/mol. The van der Waals surface area contributed by atoms with Crippen molar-refractivity contribution in [1.29, 1.82) is 0 Å². The lowest BCUT2D eigenvalue weighted by Crippen LogP contribution is -2.44. The van der Waals surface area contributed by atoms with E-state index in [9.17, 15) is 29.4 Å². The third-order valence-corrected chi connectivity index (χ3v) is 3.89. The fraction of sp³-hybridized carbons (Fsp3) is 0.429. The number of carbonyl (C=O) groups excluding carboxylic acids is 2. The standard InChI is InChI=1S/C14H14O7/c15-9(16)13(5-1-2-6-13)11(19)21-12(20)14(10(17)18)7-3-4-8-14/h1,3,5,7H,2,4,6,8H2,(H,15,16)(H,17,18). The number of hydrogen-bond acceptors (Lipinski definition) is 5. The summed E-state index contributed by atoms with van der Waals surface area (Å²) < 4.78 is 4.61. The third-order valence-electron chi connectivity index (χ3n) is 3.89. The topological polar surface area (TPSA) is 118 Å². The van der Waals surface area contributed by atoms with Gasteiger partial charge in [-0.1, -0.05) is 24.3 Å². The van der Waals surface area contributed by atoms with Crippen LogP contribution in [0.25, 0.3) is 0 Å². The fourth-order valence-corrected chi connectivity index (χ4v) is 2.50. The lowest BCUT2D eigenvalue weighted by molar-refractivity contribution is -0.177. The molecule has 21 heavy (non-hydrogen) atoms. The van der Waals surface area contributed by atoms with Crippen LogP contribution >= 0.6 is 0 Å². The van der Waals surface area contributed by atoms with Crippen LogP contribution in [0.5, 0.6) is 0 Å². The van der Waals surface area contributed by atoms with Gasteiger partial charge in [0.25, 0.3) is 0 Å². The Bertz CT molecular complexity index is 524. The van der Waals surface area contributed by atoms with E-state index in [1.165, 1.54) is 24.3 Å². The molecule has 0 amide bonds. The number of carboxylic acid groups (broad SMARTS) is 2. The Morgan fingerprint density at radius 1 is 0.810 bits per heavy atom. The average Bonchev–Trinajstić information content (AvgIpc) is 3.09. The van der Waals surface area contributed by atoms with E-state index in [0.717, 1.165) is 0 Å². The number of carbonyl (C=O) groups is 4. The number of allylic oxidation sites excluding steroid dienone is 2. The van der Waals surface area contributed by atoms with Crippen LogP contribution in [-0.4, -0.2) is 34.1 Å². The summed E-state index contributed by atoms with van der Waals surface area (Å²) in [6, 6.07) is 0. The maximum atomic E-state index is 12.0. The van der Waals surface area contributed by atoms with Crippen molar-refractivity contribution in [2.24, 2.45) is 10.8 Å². The van der Waals surface area contributed by atoms with Gasteiger partial charge in [-0.05, 0) is 25.7 Å². The van der Waals surface area contributed by atoms with Crippen LogP contribution in [0.15, 0.2) is 24.3 Å². The van der Waals surface area contributed by atoms with Crippen molar-refractivity contribution in [3.63, 3.8) is 0 Å². The molecule has 0 bridgehead atoms. The molecule has 112 valence electrons. The Balaban J connectivity index is 2.21. The Morgan fingerprint density at radius 3 is 1.43 bits per heavy atom. The summed E-state index contributed by atoms with van der Waals surface area (Å²) >= 11 is 0. The molecule has 2 N–H and O–H groups in total. The maximum absolute atomic E-state index is 12.0. The molecule has 2 rings (SSSR count). The summed E-state index contributed by atoms with van der Waals surface area (Å²) in [4.78, 5) is 46.7. The molecule has 2 aliphatic rings. The second-order valence-corrected chi connectivity index (χ2v) is 5.11. The van der Waals surface area contributed by atoms with Crippen LogP contribution in [0, 0.1) is 10.8 Å². The lowest BCUT2D eigenvalue weighted by atomic mass is 9.86. The molecule has 2 unspecified atom stereocenters. The van der Waals surface area contributed by atoms with Gasteiger partial charge in [-0.25, -0.2) is 9.59 Å². The number of aliphatic carboxylic acids is 2. The van der Waals surface area contributed by atoms with Crippen LogP contribution in [0.4, 0.5) is 0 Å². The minimum Gasteiger partial charge on any atom is -0.480 e. The molecular weight excluding hydrogens is 280 g/mol. The van der Waals surface area contributed by atoms with E-state index < -0.39 is 34.7 Å². The Hall–Kier alpha value is -2.44. The van der Waals surface area contributed by atoms with Gasteiger partial charge in [0.05, 0.1) is 0 Å². The van der Waals surface area contributed by atoms with E-state index in [1.807, 2.05) is 0 Å². The first-order valence-electron chi connectivity index (χ1n) is 6.44. The van der Waals surface area contributed by atoms with E-state index in [4.69, 9.17) is 0 Å².